The Kier molecular flexibility index (Phi) is 2.66. The number of hydrogen-bond acceptors (Lipinski definition) is 2. The molecule has 4 heteroatoms. The number of nitrogens with zero attached hydrogens (tertiary/aromatic N) is 1. The zero-order valence-corrected chi connectivity index (χ0v) is 12.4. The molecule has 0 atom stereocenters. The van der Waals surface area contributed by atoms with Crippen LogP contribution in [0.1, 0.15) is 11.3 Å². The standard InChI is InChI=1S/C18H15N3O/c1-10-3-5-12(6-4-10)18-20-14-8-7-13-16(17(14)21-18)15(22)9-11(2)19-13/h3-9H,1-2H3,(H,19,22)(H,20,21). The molecule has 4 rings (SSSR count). The number of rotatable bonds is 1. The van der Waals surface area contributed by atoms with Crippen LogP contribution >= 0.6 is 0 Å². The van der Waals surface area contributed by atoms with Gasteiger partial charge in [0.15, 0.2) is 5.43 Å². The molecule has 0 aliphatic rings. The number of aryl methyl sites for hydroxylation is 2. The van der Waals surface area contributed by atoms with Crippen molar-refractivity contribution in [2.24, 2.45) is 0 Å². The van der Waals surface area contributed by atoms with E-state index >= 15 is 0 Å². The highest BCUT2D eigenvalue weighted by atomic mass is 16.1. The van der Waals surface area contributed by atoms with Crippen LogP contribution in [0.15, 0.2) is 47.3 Å². The van der Waals surface area contributed by atoms with Crippen LogP contribution in [0.2, 0.25) is 0 Å². The number of fused-ring (bicyclic) bond motifs is 3. The Morgan fingerprint density at radius 1 is 0.955 bits per heavy atom. The quantitative estimate of drug-likeness (QED) is 0.561. The van der Waals surface area contributed by atoms with Crippen molar-refractivity contribution in [3.05, 3.63) is 63.9 Å². The molecule has 0 spiro atoms. The Hall–Kier alpha value is -2.88. The van der Waals surface area contributed by atoms with Crippen molar-refractivity contribution in [1.82, 2.24) is 15.0 Å². The van der Waals surface area contributed by atoms with Crippen LogP contribution in [-0.4, -0.2) is 15.0 Å². The molecule has 0 radical (unpaired) electrons. The van der Waals surface area contributed by atoms with Crippen LogP contribution in [0.4, 0.5) is 0 Å². The summed E-state index contributed by atoms with van der Waals surface area (Å²) in [6, 6.07) is 13.6. The van der Waals surface area contributed by atoms with Crippen LogP contribution in [0, 0.1) is 13.8 Å². The molecule has 4 nitrogen and oxygen atoms in total. The maximum absolute atomic E-state index is 12.3. The van der Waals surface area contributed by atoms with E-state index in [1.54, 1.807) is 6.07 Å². The fourth-order valence-corrected chi connectivity index (χ4v) is 2.80. The molecule has 0 aliphatic heterocycles. The fraction of sp³-hybridized carbons (Fsp3) is 0.111. The Bertz CT molecular complexity index is 1060. The van der Waals surface area contributed by atoms with Gasteiger partial charge in [0.05, 0.1) is 21.9 Å². The van der Waals surface area contributed by atoms with Gasteiger partial charge in [-0.25, -0.2) is 4.98 Å². The van der Waals surface area contributed by atoms with Gasteiger partial charge in [0.1, 0.15) is 5.82 Å². The molecule has 2 aromatic carbocycles. The monoisotopic (exact) mass is 289 g/mol. The van der Waals surface area contributed by atoms with Gasteiger partial charge in [0, 0.05) is 17.3 Å². The van der Waals surface area contributed by atoms with Gasteiger partial charge in [0.2, 0.25) is 0 Å². The fourth-order valence-electron chi connectivity index (χ4n) is 2.80. The molecule has 0 bridgehead atoms. The van der Waals surface area contributed by atoms with Gasteiger partial charge in [-0.1, -0.05) is 29.8 Å². The normalized spacial score (nSPS) is 11.4. The number of aromatic nitrogens is 3. The summed E-state index contributed by atoms with van der Waals surface area (Å²) in [7, 11) is 0. The maximum Gasteiger partial charge on any atom is 0.191 e. The van der Waals surface area contributed by atoms with E-state index in [-0.39, 0.29) is 5.43 Å². The summed E-state index contributed by atoms with van der Waals surface area (Å²) in [5.74, 6) is 0.780. The highest BCUT2D eigenvalue weighted by molar-refractivity contribution is 6.03. The lowest BCUT2D eigenvalue weighted by Gasteiger charge is -2.00. The van der Waals surface area contributed by atoms with Crippen LogP contribution in [0.5, 0.6) is 0 Å². The van der Waals surface area contributed by atoms with Crippen molar-refractivity contribution in [2.45, 2.75) is 13.8 Å². The van der Waals surface area contributed by atoms with E-state index in [1.807, 2.05) is 31.2 Å². The van der Waals surface area contributed by atoms with Crippen molar-refractivity contribution in [1.29, 1.82) is 0 Å². The van der Waals surface area contributed by atoms with Gasteiger partial charge in [-0.15, -0.1) is 0 Å². The lowest BCUT2D eigenvalue weighted by atomic mass is 10.1. The van der Waals surface area contributed by atoms with Crippen LogP contribution in [0.3, 0.4) is 0 Å². The van der Waals surface area contributed by atoms with Gasteiger partial charge < -0.3 is 9.97 Å². The highest BCUT2D eigenvalue weighted by Crippen LogP contribution is 2.24. The third-order valence-corrected chi connectivity index (χ3v) is 3.91. The summed E-state index contributed by atoms with van der Waals surface area (Å²) < 4.78 is 0. The average molecular weight is 289 g/mol. The zero-order chi connectivity index (χ0) is 15.3. The average Bonchev–Trinajstić information content (AvgIpc) is 2.91. The Morgan fingerprint density at radius 2 is 1.73 bits per heavy atom. The molecule has 0 saturated heterocycles. The predicted molar refractivity (Wildman–Crippen MR) is 89.1 cm³/mol. The molecule has 4 aromatic rings. The molecule has 108 valence electrons. The maximum atomic E-state index is 12.3. The van der Waals surface area contributed by atoms with E-state index in [9.17, 15) is 4.79 Å². The number of aromatic amines is 2. The van der Waals surface area contributed by atoms with Crippen molar-refractivity contribution < 1.29 is 0 Å². The number of hydrogen-bond donors (Lipinski definition) is 2. The van der Waals surface area contributed by atoms with E-state index in [4.69, 9.17) is 0 Å². The Morgan fingerprint density at radius 3 is 2.50 bits per heavy atom. The number of H-pyrrole nitrogens is 2. The van der Waals surface area contributed by atoms with Crippen LogP contribution in [0.25, 0.3) is 33.3 Å². The zero-order valence-electron chi connectivity index (χ0n) is 12.4. The van der Waals surface area contributed by atoms with Gasteiger partial charge in [0.25, 0.3) is 0 Å². The van der Waals surface area contributed by atoms with Crippen LogP contribution in [-0.2, 0) is 0 Å². The largest absolute Gasteiger partial charge is 0.358 e. The second-order valence-corrected chi connectivity index (χ2v) is 5.65. The number of benzene rings is 2. The Balaban J connectivity index is 2.03. The lowest BCUT2D eigenvalue weighted by Crippen LogP contribution is -2.03. The first kappa shape index (κ1) is 12.8. The van der Waals surface area contributed by atoms with E-state index in [0.717, 1.165) is 33.6 Å². The lowest BCUT2D eigenvalue weighted by molar-refractivity contribution is 1.24. The van der Waals surface area contributed by atoms with Crippen molar-refractivity contribution in [3.63, 3.8) is 0 Å². The minimum Gasteiger partial charge on any atom is -0.358 e. The molecule has 2 N–H and O–H groups in total. The van der Waals surface area contributed by atoms with E-state index in [2.05, 4.69) is 34.0 Å². The highest BCUT2D eigenvalue weighted by Gasteiger charge is 2.11. The topological polar surface area (TPSA) is 61.5 Å². The molecule has 22 heavy (non-hydrogen) atoms. The molecule has 0 unspecified atom stereocenters. The second-order valence-electron chi connectivity index (χ2n) is 5.65. The summed E-state index contributed by atoms with van der Waals surface area (Å²) in [4.78, 5) is 23.5. The summed E-state index contributed by atoms with van der Waals surface area (Å²) in [6.45, 7) is 3.94. The number of pyridine rings is 1. The minimum absolute atomic E-state index is 0.0101. The van der Waals surface area contributed by atoms with Crippen molar-refractivity contribution in [3.8, 4) is 11.4 Å². The van der Waals surface area contributed by atoms with Crippen molar-refractivity contribution >= 4 is 21.9 Å². The van der Waals surface area contributed by atoms with Gasteiger partial charge >= 0.3 is 0 Å². The second kappa shape index (κ2) is 4.56. The molecular formula is C18H15N3O. The SMILES string of the molecule is Cc1ccc(-c2nc3ccc4[nH]c(C)cc(=O)c4c3[nH]2)cc1. The first-order valence-electron chi connectivity index (χ1n) is 7.21. The van der Waals surface area contributed by atoms with Crippen molar-refractivity contribution in [2.75, 3.05) is 0 Å². The van der Waals surface area contributed by atoms with Gasteiger partial charge in [-0.3, -0.25) is 4.79 Å². The number of nitrogens with one attached hydrogen (secondary N) is 2. The molecule has 2 aromatic heterocycles. The molecule has 0 amide bonds. The predicted octanol–water partition coefficient (Wildman–Crippen LogP) is 3.69. The molecule has 0 fully saturated rings. The van der Waals surface area contributed by atoms with E-state index < -0.39 is 0 Å². The summed E-state index contributed by atoms with van der Waals surface area (Å²) in [5, 5.41) is 0.661. The van der Waals surface area contributed by atoms with E-state index in [0.29, 0.717) is 5.39 Å². The van der Waals surface area contributed by atoms with Crippen LogP contribution < -0.4 is 5.43 Å². The number of imidazole rings is 1. The van der Waals surface area contributed by atoms with E-state index in [1.165, 1.54) is 5.56 Å². The first-order valence-corrected chi connectivity index (χ1v) is 7.21. The summed E-state index contributed by atoms with van der Waals surface area (Å²) >= 11 is 0. The Labute approximate surface area is 126 Å². The minimum atomic E-state index is 0.0101. The molecule has 0 aliphatic carbocycles. The molecule has 0 saturated carbocycles. The first-order chi connectivity index (χ1) is 10.6. The summed E-state index contributed by atoms with van der Waals surface area (Å²) in [6.07, 6.45) is 0. The summed E-state index contributed by atoms with van der Waals surface area (Å²) in [5.41, 5.74) is 5.50. The van der Waals surface area contributed by atoms with Gasteiger partial charge in [-0.05, 0) is 26.0 Å². The third kappa shape index (κ3) is 1.92. The smallest absolute Gasteiger partial charge is 0.191 e. The third-order valence-electron chi connectivity index (χ3n) is 3.91. The molecular weight excluding hydrogens is 274 g/mol. The van der Waals surface area contributed by atoms with Gasteiger partial charge in [-0.2, -0.15) is 0 Å². The molecule has 2 heterocycles.